The van der Waals surface area contributed by atoms with Gasteiger partial charge in [0.25, 0.3) is 0 Å². The first kappa shape index (κ1) is 13.8. The first-order chi connectivity index (χ1) is 9.20. The number of nitrogens with zero attached hydrogens (tertiary/aromatic N) is 1. The molecule has 0 aliphatic carbocycles. The summed E-state index contributed by atoms with van der Waals surface area (Å²) in [5, 5.41) is 16.4. The van der Waals surface area contributed by atoms with E-state index in [1.54, 1.807) is 17.4 Å². The minimum absolute atomic E-state index is 0.214. The Morgan fingerprint density at radius 1 is 1.37 bits per heavy atom. The summed E-state index contributed by atoms with van der Waals surface area (Å²) in [6, 6.07) is 5.54. The normalized spacial score (nSPS) is 10.6. The Labute approximate surface area is 117 Å². The molecule has 0 bridgehead atoms. The second kappa shape index (κ2) is 6.54. The van der Waals surface area contributed by atoms with Crippen LogP contribution in [0.4, 0.5) is 0 Å². The van der Waals surface area contributed by atoms with Crippen LogP contribution in [0.1, 0.15) is 23.2 Å². The van der Waals surface area contributed by atoms with Crippen LogP contribution in [0.15, 0.2) is 23.6 Å². The Kier molecular flexibility index (Phi) is 4.76. The first-order valence-electron chi connectivity index (χ1n) is 6.26. The molecule has 0 aliphatic rings. The Bertz CT molecular complexity index is 540. The maximum absolute atomic E-state index is 10.0. The molecule has 0 atom stereocenters. The lowest BCUT2D eigenvalue weighted by molar-refractivity contribution is 0.316. The van der Waals surface area contributed by atoms with Crippen LogP contribution in [0, 0.1) is 6.92 Å². The Balaban J connectivity index is 1.94. The number of phenolic OH excluding ortho intramolecular Hbond substituents is 1. The molecule has 0 saturated carbocycles. The molecular weight excluding hydrogens is 260 g/mol. The quantitative estimate of drug-likeness (QED) is 0.853. The topological polar surface area (TPSA) is 54.4 Å². The summed E-state index contributed by atoms with van der Waals surface area (Å²) < 4.78 is 5.36. The lowest BCUT2D eigenvalue weighted by atomic mass is 10.2. The molecule has 5 heteroatoms. The zero-order valence-corrected chi connectivity index (χ0v) is 12.0. The van der Waals surface area contributed by atoms with Crippen LogP contribution in [0.2, 0.25) is 0 Å². The van der Waals surface area contributed by atoms with E-state index in [0.717, 1.165) is 16.3 Å². The number of hydrogen-bond donors (Lipinski definition) is 2. The first-order valence-corrected chi connectivity index (χ1v) is 7.14. The highest BCUT2D eigenvalue weighted by Gasteiger charge is 2.07. The van der Waals surface area contributed by atoms with Gasteiger partial charge < -0.3 is 15.2 Å². The fraction of sp³-hybridized carbons (Fsp3) is 0.357. The lowest BCUT2D eigenvalue weighted by Crippen LogP contribution is -2.13. The summed E-state index contributed by atoms with van der Waals surface area (Å²) in [5.74, 6) is 0.748. The highest BCUT2D eigenvalue weighted by molar-refractivity contribution is 7.09. The molecule has 0 radical (unpaired) electrons. The van der Waals surface area contributed by atoms with Crippen molar-refractivity contribution in [2.45, 2.75) is 26.9 Å². The zero-order valence-electron chi connectivity index (χ0n) is 11.1. The van der Waals surface area contributed by atoms with Gasteiger partial charge in [-0.15, -0.1) is 11.3 Å². The van der Waals surface area contributed by atoms with Crippen molar-refractivity contribution in [1.82, 2.24) is 10.3 Å². The summed E-state index contributed by atoms with van der Waals surface area (Å²) in [6.07, 6.45) is 0. The van der Waals surface area contributed by atoms with Gasteiger partial charge in [-0.3, -0.25) is 0 Å². The molecule has 102 valence electrons. The fourth-order valence-corrected chi connectivity index (χ4v) is 2.41. The predicted octanol–water partition coefficient (Wildman–Crippen LogP) is 2.85. The minimum Gasteiger partial charge on any atom is -0.504 e. The third kappa shape index (κ3) is 3.68. The summed E-state index contributed by atoms with van der Waals surface area (Å²) in [5.41, 5.74) is 1.86. The summed E-state index contributed by atoms with van der Waals surface area (Å²) in [6.45, 7) is 5.72. The van der Waals surface area contributed by atoms with E-state index >= 15 is 0 Å². The van der Waals surface area contributed by atoms with Gasteiger partial charge in [-0.05, 0) is 19.9 Å². The number of hydrogen-bond acceptors (Lipinski definition) is 5. The van der Waals surface area contributed by atoms with E-state index in [-0.39, 0.29) is 5.75 Å². The number of rotatable bonds is 6. The number of ether oxygens (including phenoxy) is 1. The smallest absolute Gasteiger partial charge is 0.162 e. The number of phenols is 1. The highest BCUT2D eigenvalue weighted by atomic mass is 32.1. The molecule has 0 unspecified atom stereocenters. The van der Waals surface area contributed by atoms with Crippen LogP contribution >= 0.6 is 11.3 Å². The van der Waals surface area contributed by atoms with Crippen molar-refractivity contribution < 1.29 is 9.84 Å². The summed E-state index contributed by atoms with van der Waals surface area (Å²) in [7, 11) is 0. The van der Waals surface area contributed by atoms with Crippen LogP contribution in [-0.2, 0) is 13.1 Å². The van der Waals surface area contributed by atoms with E-state index in [0.29, 0.717) is 25.4 Å². The number of para-hydroxylation sites is 1. The van der Waals surface area contributed by atoms with Crippen molar-refractivity contribution in [3.63, 3.8) is 0 Å². The average molecular weight is 278 g/mol. The summed E-state index contributed by atoms with van der Waals surface area (Å²) in [4.78, 5) is 4.38. The molecule has 1 aromatic carbocycles. The van der Waals surface area contributed by atoms with Gasteiger partial charge in [0, 0.05) is 24.0 Å². The van der Waals surface area contributed by atoms with Crippen LogP contribution < -0.4 is 10.1 Å². The maximum Gasteiger partial charge on any atom is 0.162 e. The van der Waals surface area contributed by atoms with E-state index in [1.165, 1.54) is 0 Å². The van der Waals surface area contributed by atoms with Gasteiger partial charge in [-0.25, -0.2) is 4.98 Å². The van der Waals surface area contributed by atoms with Crippen LogP contribution in [-0.4, -0.2) is 16.7 Å². The largest absolute Gasteiger partial charge is 0.504 e. The molecule has 1 heterocycles. The van der Waals surface area contributed by atoms with E-state index in [2.05, 4.69) is 10.3 Å². The molecule has 2 aromatic rings. The number of aromatic nitrogens is 1. The Hall–Kier alpha value is -1.59. The van der Waals surface area contributed by atoms with Crippen molar-refractivity contribution >= 4 is 11.3 Å². The fourth-order valence-electron chi connectivity index (χ4n) is 1.80. The van der Waals surface area contributed by atoms with Crippen LogP contribution in [0.25, 0.3) is 0 Å². The molecule has 2 N–H and O–H groups in total. The third-order valence-corrected chi connectivity index (χ3v) is 3.49. The van der Waals surface area contributed by atoms with Gasteiger partial charge in [0.05, 0.1) is 17.3 Å². The maximum atomic E-state index is 10.0. The number of thiazole rings is 1. The van der Waals surface area contributed by atoms with Gasteiger partial charge >= 0.3 is 0 Å². The van der Waals surface area contributed by atoms with E-state index in [4.69, 9.17) is 4.74 Å². The van der Waals surface area contributed by atoms with Gasteiger partial charge in [-0.2, -0.15) is 0 Å². The van der Waals surface area contributed by atoms with Gasteiger partial charge in [-0.1, -0.05) is 12.1 Å². The molecular formula is C14H18N2O2S. The van der Waals surface area contributed by atoms with E-state index in [9.17, 15) is 5.11 Å². The number of aromatic hydroxyl groups is 1. The van der Waals surface area contributed by atoms with Crippen molar-refractivity contribution in [2.24, 2.45) is 0 Å². The molecule has 0 spiro atoms. The molecule has 0 fully saturated rings. The Morgan fingerprint density at radius 3 is 2.89 bits per heavy atom. The number of benzene rings is 1. The summed E-state index contributed by atoms with van der Waals surface area (Å²) >= 11 is 1.64. The molecule has 1 aromatic heterocycles. The van der Waals surface area contributed by atoms with Gasteiger partial charge in [0.15, 0.2) is 11.5 Å². The Morgan fingerprint density at radius 2 is 2.21 bits per heavy atom. The van der Waals surface area contributed by atoms with Crippen molar-refractivity contribution in [3.05, 3.63) is 39.8 Å². The minimum atomic E-state index is 0.214. The molecule has 0 amide bonds. The van der Waals surface area contributed by atoms with Crippen molar-refractivity contribution in [2.75, 3.05) is 6.61 Å². The second-order valence-electron chi connectivity index (χ2n) is 4.16. The van der Waals surface area contributed by atoms with Crippen molar-refractivity contribution in [3.8, 4) is 11.5 Å². The highest BCUT2D eigenvalue weighted by Crippen LogP contribution is 2.29. The van der Waals surface area contributed by atoms with Crippen LogP contribution in [0.3, 0.4) is 0 Å². The monoisotopic (exact) mass is 278 g/mol. The molecule has 0 aliphatic heterocycles. The molecule has 2 rings (SSSR count). The standard InChI is InChI=1S/C14H18N2O2S/c1-3-18-13-6-4-5-11(14(13)17)7-15-8-12-9-19-10(2)16-12/h4-6,9,15,17H,3,7-8H2,1-2H3. The lowest BCUT2D eigenvalue weighted by Gasteiger charge is -2.10. The van der Waals surface area contributed by atoms with Crippen molar-refractivity contribution in [1.29, 1.82) is 0 Å². The zero-order chi connectivity index (χ0) is 13.7. The molecule has 19 heavy (non-hydrogen) atoms. The van der Waals surface area contributed by atoms with Crippen LogP contribution in [0.5, 0.6) is 11.5 Å². The third-order valence-electron chi connectivity index (χ3n) is 2.67. The average Bonchev–Trinajstić information content (AvgIpc) is 2.80. The molecule has 4 nitrogen and oxygen atoms in total. The van der Waals surface area contributed by atoms with Gasteiger partial charge in [0.2, 0.25) is 0 Å². The number of nitrogens with one attached hydrogen (secondary N) is 1. The predicted molar refractivity (Wildman–Crippen MR) is 76.7 cm³/mol. The SMILES string of the molecule is CCOc1cccc(CNCc2csc(C)n2)c1O. The number of aryl methyl sites for hydroxylation is 1. The van der Waals surface area contributed by atoms with Gasteiger partial charge in [0.1, 0.15) is 0 Å². The van der Waals surface area contributed by atoms with E-state index < -0.39 is 0 Å². The van der Waals surface area contributed by atoms with E-state index in [1.807, 2.05) is 31.4 Å². The second-order valence-corrected chi connectivity index (χ2v) is 5.22. The molecule has 0 saturated heterocycles.